The van der Waals surface area contributed by atoms with Crippen molar-refractivity contribution in [2.24, 2.45) is 0 Å². The predicted molar refractivity (Wildman–Crippen MR) is 115 cm³/mol. The number of nitrogens with zero attached hydrogens (tertiary/aromatic N) is 1. The summed E-state index contributed by atoms with van der Waals surface area (Å²) in [5.41, 5.74) is 3.74. The number of aromatic amines is 1. The van der Waals surface area contributed by atoms with Gasteiger partial charge in [-0.1, -0.05) is 41.6 Å². The van der Waals surface area contributed by atoms with Crippen molar-refractivity contribution in [3.8, 4) is 22.6 Å². The lowest BCUT2D eigenvalue weighted by molar-refractivity contribution is -0.118. The Balaban J connectivity index is 1.54. The fraction of sp³-hybridized carbons (Fsp3) is 0.130. The Hall–Kier alpha value is -3.32. The van der Waals surface area contributed by atoms with E-state index in [0.717, 1.165) is 22.4 Å². The summed E-state index contributed by atoms with van der Waals surface area (Å²) >= 11 is 1.35. The molecule has 152 valence electrons. The molecular weight excluding hydrogens is 401 g/mol. The number of halogens is 1. The SMILES string of the molecule is Cc1ccc(-c2[nH]c(-c3ccc(F)cc3)nc2SCC(=O)NCc2ccco2)cc1. The Morgan fingerprint density at radius 3 is 2.53 bits per heavy atom. The van der Waals surface area contributed by atoms with E-state index in [1.807, 2.05) is 37.3 Å². The van der Waals surface area contributed by atoms with E-state index in [-0.39, 0.29) is 17.5 Å². The molecule has 1 amide bonds. The summed E-state index contributed by atoms with van der Waals surface area (Å²) in [6, 6.07) is 17.8. The van der Waals surface area contributed by atoms with E-state index in [1.165, 1.54) is 23.9 Å². The zero-order valence-electron chi connectivity index (χ0n) is 16.3. The Labute approximate surface area is 177 Å². The molecule has 0 bridgehead atoms. The number of H-pyrrole nitrogens is 1. The predicted octanol–water partition coefficient (Wildman–Crippen LogP) is 5.19. The topological polar surface area (TPSA) is 70.9 Å². The largest absolute Gasteiger partial charge is 0.467 e. The molecule has 7 heteroatoms. The Kier molecular flexibility index (Phi) is 5.99. The third-order valence-electron chi connectivity index (χ3n) is 4.51. The van der Waals surface area contributed by atoms with Gasteiger partial charge in [-0.25, -0.2) is 9.37 Å². The number of hydrogen-bond donors (Lipinski definition) is 2. The molecule has 2 aromatic heterocycles. The molecule has 2 aromatic carbocycles. The number of nitrogens with one attached hydrogen (secondary N) is 2. The molecule has 0 saturated carbocycles. The van der Waals surface area contributed by atoms with Gasteiger partial charge >= 0.3 is 0 Å². The molecule has 4 aromatic rings. The number of carbonyl (C=O) groups is 1. The molecule has 5 nitrogen and oxygen atoms in total. The van der Waals surface area contributed by atoms with E-state index in [2.05, 4.69) is 15.3 Å². The number of aromatic nitrogens is 2. The molecular formula is C23H20FN3O2S. The maximum Gasteiger partial charge on any atom is 0.230 e. The second-order valence-corrected chi connectivity index (χ2v) is 7.75. The zero-order valence-corrected chi connectivity index (χ0v) is 17.1. The van der Waals surface area contributed by atoms with E-state index >= 15 is 0 Å². The van der Waals surface area contributed by atoms with Gasteiger partial charge in [-0.3, -0.25) is 4.79 Å². The quantitative estimate of drug-likeness (QED) is 0.403. The molecule has 0 aliphatic heterocycles. The van der Waals surface area contributed by atoms with Gasteiger partial charge in [-0.15, -0.1) is 0 Å². The number of benzene rings is 2. The fourth-order valence-corrected chi connectivity index (χ4v) is 3.74. The Morgan fingerprint density at radius 1 is 1.10 bits per heavy atom. The van der Waals surface area contributed by atoms with Crippen LogP contribution < -0.4 is 5.32 Å². The molecule has 0 spiro atoms. The molecule has 0 aliphatic carbocycles. The van der Waals surface area contributed by atoms with Crippen molar-refractivity contribution in [3.05, 3.63) is 84.1 Å². The van der Waals surface area contributed by atoms with Gasteiger partial charge in [0.05, 0.1) is 24.3 Å². The van der Waals surface area contributed by atoms with Crippen LogP contribution in [0.15, 0.2) is 76.4 Å². The highest BCUT2D eigenvalue weighted by molar-refractivity contribution is 8.00. The first-order valence-corrected chi connectivity index (χ1v) is 10.4. The third-order valence-corrected chi connectivity index (χ3v) is 5.48. The van der Waals surface area contributed by atoms with Gasteiger partial charge < -0.3 is 14.7 Å². The minimum absolute atomic E-state index is 0.113. The maximum absolute atomic E-state index is 13.3. The summed E-state index contributed by atoms with van der Waals surface area (Å²) in [5.74, 6) is 1.13. The molecule has 30 heavy (non-hydrogen) atoms. The van der Waals surface area contributed by atoms with Gasteiger partial charge in [0.15, 0.2) is 0 Å². The summed E-state index contributed by atoms with van der Waals surface area (Å²) in [5, 5.41) is 3.55. The highest BCUT2D eigenvalue weighted by Gasteiger charge is 2.16. The average molecular weight is 421 g/mol. The molecule has 0 fully saturated rings. The van der Waals surface area contributed by atoms with Crippen molar-refractivity contribution >= 4 is 17.7 Å². The maximum atomic E-state index is 13.3. The van der Waals surface area contributed by atoms with Crippen LogP contribution in [0, 0.1) is 12.7 Å². The van der Waals surface area contributed by atoms with Gasteiger partial charge in [-0.05, 0) is 43.3 Å². The second kappa shape index (κ2) is 9.00. The third kappa shape index (κ3) is 4.80. The fourth-order valence-electron chi connectivity index (χ4n) is 2.91. The zero-order chi connectivity index (χ0) is 20.9. The van der Waals surface area contributed by atoms with Crippen molar-refractivity contribution in [3.63, 3.8) is 0 Å². The van der Waals surface area contributed by atoms with Crippen molar-refractivity contribution in [1.29, 1.82) is 0 Å². The molecule has 2 N–H and O–H groups in total. The Bertz CT molecular complexity index is 1120. The van der Waals surface area contributed by atoms with Gasteiger partial charge in [0, 0.05) is 11.1 Å². The molecule has 0 unspecified atom stereocenters. The molecule has 0 radical (unpaired) electrons. The minimum atomic E-state index is -0.299. The first-order valence-electron chi connectivity index (χ1n) is 9.43. The summed E-state index contributed by atoms with van der Waals surface area (Å²) in [7, 11) is 0. The van der Waals surface area contributed by atoms with Crippen LogP contribution in [0.5, 0.6) is 0 Å². The molecule has 0 atom stereocenters. The number of amides is 1. The number of rotatable bonds is 7. The van der Waals surface area contributed by atoms with Crippen LogP contribution in [0.25, 0.3) is 22.6 Å². The highest BCUT2D eigenvalue weighted by atomic mass is 32.2. The van der Waals surface area contributed by atoms with E-state index in [0.29, 0.717) is 23.2 Å². The molecule has 0 aliphatic rings. The van der Waals surface area contributed by atoms with E-state index in [1.54, 1.807) is 24.5 Å². The molecule has 2 heterocycles. The Morgan fingerprint density at radius 2 is 1.83 bits per heavy atom. The van der Waals surface area contributed by atoms with Gasteiger partial charge in [0.25, 0.3) is 0 Å². The first kappa shape index (κ1) is 20.0. The average Bonchev–Trinajstić information content (AvgIpc) is 3.42. The van der Waals surface area contributed by atoms with Crippen LogP contribution in [0.2, 0.25) is 0 Å². The molecule has 4 rings (SSSR count). The highest BCUT2D eigenvalue weighted by Crippen LogP contribution is 2.32. The number of imidazole rings is 1. The van der Waals surface area contributed by atoms with Crippen LogP contribution >= 0.6 is 11.8 Å². The number of thioether (sulfide) groups is 1. The lowest BCUT2D eigenvalue weighted by Crippen LogP contribution is -2.24. The number of carbonyl (C=O) groups excluding carboxylic acids is 1. The van der Waals surface area contributed by atoms with Gasteiger partial charge in [0.2, 0.25) is 5.91 Å². The lowest BCUT2D eigenvalue weighted by atomic mass is 10.1. The lowest BCUT2D eigenvalue weighted by Gasteiger charge is -2.04. The van der Waals surface area contributed by atoms with Crippen LogP contribution in [0.3, 0.4) is 0 Å². The number of furan rings is 1. The minimum Gasteiger partial charge on any atom is -0.467 e. The summed E-state index contributed by atoms with van der Waals surface area (Å²) < 4.78 is 18.5. The summed E-state index contributed by atoms with van der Waals surface area (Å²) in [4.78, 5) is 20.3. The van der Waals surface area contributed by atoms with Crippen molar-refractivity contribution in [2.45, 2.75) is 18.5 Å². The van der Waals surface area contributed by atoms with Crippen LogP contribution in [-0.4, -0.2) is 21.6 Å². The van der Waals surface area contributed by atoms with Crippen molar-refractivity contribution in [1.82, 2.24) is 15.3 Å². The van der Waals surface area contributed by atoms with E-state index in [4.69, 9.17) is 4.42 Å². The summed E-state index contributed by atoms with van der Waals surface area (Å²) in [6.07, 6.45) is 1.57. The first-order chi connectivity index (χ1) is 14.6. The standard InChI is InChI=1S/C23H20FN3O2S/c1-15-4-6-16(7-5-15)21-23(27-22(26-21)17-8-10-18(24)11-9-17)30-14-20(28)25-13-19-3-2-12-29-19/h2-12H,13-14H2,1H3,(H,25,28)(H,26,27). The van der Waals surface area contributed by atoms with E-state index < -0.39 is 0 Å². The number of aryl methyl sites for hydroxylation is 1. The van der Waals surface area contributed by atoms with Crippen LogP contribution in [-0.2, 0) is 11.3 Å². The monoisotopic (exact) mass is 421 g/mol. The second-order valence-electron chi connectivity index (χ2n) is 6.78. The molecule has 0 saturated heterocycles. The van der Waals surface area contributed by atoms with Crippen molar-refractivity contribution < 1.29 is 13.6 Å². The summed E-state index contributed by atoms with van der Waals surface area (Å²) in [6.45, 7) is 2.37. The van der Waals surface area contributed by atoms with Crippen molar-refractivity contribution in [2.75, 3.05) is 5.75 Å². The van der Waals surface area contributed by atoms with Crippen LogP contribution in [0.1, 0.15) is 11.3 Å². The van der Waals surface area contributed by atoms with Gasteiger partial charge in [0.1, 0.15) is 22.4 Å². The van der Waals surface area contributed by atoms with E-state index in [9.17, 15) is 9.18 Å². The smallest absolute Gasteiger partial charge is 0.230 e. The normalized spacial score (nSPS) is 10.9. The number of hydrogen-bond acceptors (Lipinski definition) is 4. The van der Waals surface area contributed by atoms with Gasteiger partial charge in [-0.2, -0.15) is 0 Å². The van der Waals surface area contributed by atoms with Crippen LogP contribution in [0.4, 0.5) is 4.39 Å².